The highest BCUT2D eigenvalue weighted by Crippen LogP contribution is 2.24. The van der Waals surface area contributed by atoms with Gasteiger partial charge in [0.25, 0.3) is 0 Å². The van der Waals surface area contributed by atoms with Gasteiger partial charge in [0.05, 0.1) is 12.0 Å². The van der Waals surface area contributed by atoms with Gasteiger partial charge in [-0.1, -0.05) is 38.5 Å². The molecule has 8 heteroatoms. The van der Waals surface area contributed by atoms with E-state index in [2.05, 4.69) is 5.32 Å². The second kappa shape index (κ2) is 9.32. The molecule has 1 aromatic carbocycles. The largest absolute Gasteiger partial charge is 0.467 e. The third-order valence-electron chi connectivity index (χ3n) is 5.17. The molecule has 0 aromatic heterocycles. The number of esters is 1. The average Bonchev–Trinajstić information content (AvgIpc) is 2.71. The molecule has 1 aromatic rings. The second-order valence-electron chi connectivity index (χ2n) is 6.89. The number of hydrogen-bond acceptors (Lipinski definition) is 5. The van der Waals surface area contributed by atoms with E-state index in [1.165, 1.54) is 11.4 Å². The maximum absolute atomic E-state index is 12.7. The molecule has 27 heavy (non-hydrogen) atoms. The van der Waals surface area contributed by atoms with Gasteiger partial charge in [0.1, 0.15) is 6.04 Å². The number of hydrogen-bond donors (Lipinski definition) is 1. The van der Waals surface area contributed by atoms with Gasteiger partial charge in [-0.25, -0.2) is 13.2 Å². The maximum atomic E-state index is 12.7. The van der Waals surface area contributed by atoms with Crippen molar-refractivity contribution in [2.24, 2.45) is 11.8 Å². The van der Waals surface area contributed by atoms with Gasteiger partial charge in [-0.05, 0) is 30.9 Å². The smallest absolute Gasteiger partial charge is 0.328 e. The van der Waals surface area contributed by atoms with Crippen LogP contribution < -0.4 is 5.32 Å². The Hall–Kier alpha value is -1.93. The molecule has 1 aliphatic rings. The molecule has 2 rings (SSSR count). The lowest BCUT2D eigenvalue weighted by Crippen LogP contribution is -2.50. The van der Waals surface area contributed by atoms with Gasteiger partial charge in [0.2, 0.25) is 15.9 Å². The van der Waals surface area contributed by atoms with Gasteiger partial charge < -0.3 is 10.1 Å². The van der Waals surface area contributed by atoms with Crippen LogP contribution in [0.2, 0.25) is 0 Å². The number of ether oxygens (including phenoxy) is 1. The van der Waals surface area contributed by atoms with Crippen LogP contribution in [0.1, 0.15) is 33.1 Å². The fraction of sp³-hybridized carbons (Fsp3) is 0.579. The van der Waals surface area contributed by atoms with Crippen molar-refractivity contribution in [3.8, 4) is 0 Å². The first kappa shape index (κ1) is 21.4. The molecule has 0 spiro atoms. The molecule has 0 bridgehead atoms. The van der Waals surface area contributed by atoms with E-state index in [9.17, 15) is 18.0 Å². The first-order chi connectivity index (χ1) is 12.8. The standard InChI is InChI=1S/C19H28N2O5S/c1-4-14(2)17(19(23)26-3)20-18(22)15-10-12-21(13-11-15)27(24,25)16-8-6-5-7-9-16/h5-9,14-15,17H,4,10-13H2,1-3H3,(H,20,22)/t14-,17-/m1/s1. The summed E-state index contributed by atoms with van der Waals surface area (Å²) < 4.78 is 31.5. The van der Waals surface area contributed by atoms with E-state index < -0.39 is 22.0 Å². The molecule has 1 N–H and O–H groups in total. The van der Waals surface area contributed by atoms with Crippen LogP contribution in [-0.2, 0) is 24.3 Å². The van der Waals surface area contributed by atoms with Gasteiger partial charge in [-0.2, -0.15) is 4.31 Å². The fourth-order valence-electron chi connectivity index (χ4n) is 3.17. The van der Waals surface area contributed by atoms with E-state index >= 15 is 0 Å². The van der Waals surface area contributed by atoms with Crippen LogP contribution in [-0.4, -0.2) is 50.8 Å². The molecular weight excluding hydrogens is 368 g/mol. The normalized spacial score (nSPS) is 18.5. The number of piperidine rings is 1. The van der Waals surface area contributed by atoms with E-state index in [1.54, 1.807) is 30.3 Å². The lowest BCUT2D eigenvalue weighted by molar-refractivity contribution is -0.147. The number of benzene rings is 1. The second-order valence-corrected chi connectivity index (χ2v) is 8.82. The highest BCUT2D eigenvalue weighted by atomic mass is 32.2. The minimum atomic E-state index is -3.54. The summed E-state index contributed by atoms with van der Waals surface area (Å²) in [5.74, 6) is -1.03. The number of sulfonamides is 1. The van der Waals surface area contributed by atoms with Crippen LogP contribution in [0, 0.1) is 11.8 Å². The molecule has 2 atom stereocenters. The quantitative estimate of drug-likeness (QED) is 0.710. The van der Waals surface area contributed by atoms with E-state index in [-0.39, 0.29) is 35.7 Å². The average molecular weight is 397 g/mol. The number of nitrogens with one attached hydrogen (secondary N) is 1. The van der Waals surface area contributed by atoms with Crippen LogP contribution in [0.4, 0.5) is 0 Å². The third-order valence-corrected chi connectivity index (χ3v) is 7.08. The number of carbonyl (C=O) groups is 2. The van der Waals surface area contributed by atoms with Crippen LogP contribution in [0.3, 0.4) is 0 Å². The molecule has 1 heterocycles. The van der Waals surface area contributed by atoms with Crippen LogP contribution in [0.25, 0.3) is 0 Å². The molecule has 0 radical (unpaired) electrons. The van der Waals surface area contributed by atoms with Gasteiger partial charge >= 0.3 is 5.97 Å². The number of nitrogens with zero attached hydrogens (tertiary/aromatic N) is 1. The highest BCUT2D eigenvalue weighted by molar-refractivity contribution is 7.89. The topological polar surface area (TPSA) is 92.8 Å². The predicted molar refractivity (Wildman–Crippen MR) is 101 cm³/mol. The van der Waals surface area contributed by atoms with Gasteiger partial charge in [0.15, 0.2) is 0 Å². The molecule has 0 aliphatic carbocycles. The van der Waals surface area contributed by atoms with Crippen LogP contribution in [0.15, 0.2) is 35.2 Å². The molecule has 0 saturated carbocycles. The monoisotopic (exact) mass is 396 g/mol. The van der Waals surface area contributed by atoms with E-state index in [4.69, 9.17) is 4.74 Å². The first-order valence-electron chi connectivity index (χ1n) is 9.24. The molecule has 1 aliphatic heterocycles. The molecule has 1 saturated heterocycles. The van der Waals surface area contributed by atoms with Crippen molar-refractivity contribution < 1.29 is 22.7 Å². The number of methoxy groups -OCH3 is 1. The van der Waals surface area contributed by atoms with E-state index in [0.717, 1.165) is 6.42 Å². The van der Waals surface area contributed by atoms with Crippen molar-refractivity contribution in [2.45, 2.75) is 44.0 Å². The Labute approximate surface area is 161 Å². The Morgan fingerprint density at radius 3 is 2.33 bits per heavy atom. The van der Waals surface area contributed by atoms with Gasteiger partial charge in [0, 0.05) is 19.0 Å². The van der Waals surface area contributed by atoms with E-state index in [0.29, 0.717) is 12.8 Å². The summed E-state index contributed by atoms with van der Waals surface area (Å²) in [6.07, 6.45) is 1.58. The predicted octanol–water partition coefficient (Wildman–Crippen LogP) is 1.79. The van der Waals surface area contributed by atoms with Crippen molar-refractivity contribution in [3.05, 3.63) is 30.3 Å². The van der Waals surface area contributed by atoms with Crippen molar-refractivity contribution in [1.29, 1.82) is 0 Å². The summed E-state index contributed by atoms with van der Waals surface area (Å²) in [5.41, 5.74) is 0. The minimum absolute atomic E-state index is 0.0417. The summed E-state index contributed by atoms with van der Waals surface area (Å²) in [5, 5.41) is 2.79. The Balaban J connectivity index is 1.98. The van der Waals surface area contributed by atoms with E-state index in [1.807, 2.05) is 13.8 Å². The van der Waals surface area contributed by atoms with Gasteiger partial charge in [-0.15, -0.1) is 0 Å². The SMILES string of the molecule is CC[C@@H](C)[C@@H](NC(=O)C1CCN(S(=O)(=O)c2ccccc2)CC1)C(=O)OC. The summed E-state index contributed by atoms with van der Waals surface area (Å²) in [6, 6.07) is 7.61. The molecule has 0 unspecified atom stereocenters. The molecule has 1 amide bonds. The number of carbonyl (C=O) groups excluding carboxylic acids is 2. The summed E-state index contributed by atoms with van der Waals surface area (Å²) in [4.78, 5) is 24.8. The highest BCUT2D eigenvalue weighted by Gasteiger charge is 2.34. The Morgan fingerprint density at radius 1 is 1.22 bits per heavy atom. The third kappa shape index (κ3) is 5.07. The minimum Gasteiger partial charge on any atom is -0.467 e. The van der Waals surface area contributed by atoms with Gasteiger partial charge in [-0.3, -0.25) is 4.79 Å². The zero-order valence-corrected chi connectivity index (χ0v) is 16.9. The molecule has 7 nitrogen and oxygen atoms in total. The van der Waals surface area contributed by atoms with Crippen LogP contribution in [0.5, 0.6) is 0 Å². The lowest BCUT2D eigenvalue weighted by Gasteiger charge is -2.32. The van der Waals surface area contributed by atoms with Crippen molar-refractivity contribution in [2.75, 3.05) is 20.2 Å². The summed E-state index contributed by atoms with van der Waals surface area (Å²) >= 11 is 0. The number of rotatable bonds is 7. The van der Waals surface area contributed by atoms with Crippen LogP contribution >= 0.6 is 0 Å². The zero-order chi connectivity index (χ0) is 20.0. The fourth-order valence-corrected chi connectivity index (χ4v) is 4.66. The van der Waals surface area contributed by atoms with Crippen molar-refractivity contribution >= 4 is 21.9 Å². The Bertz CT molecular complexity index is 743. The number of amides is 1. The van der Waals surface area contributed by atoms with Crippen molar-refractivity contribution in [3.63, 3.8) is 0 Å². The molecule has 1 fully saturated rings. The zero-order valence-electron chi connectivity index (χ0n) is 16.1. The summed E-state index contributed by atoms with van der Waals surface area (Å²) in [6.45, 7) is 4.39. The summed E-state index contributed by atoms with van der Waals surface area (Å²) in [7, 11) is -2.24. The first-order valence-corrected chi connectivity index (χ1v) is 10.7. The van der Waals surface area contributed by atoms with Crippen molar-refractivity contribution in [1.82, 2.24) is 9.62 Å². The maximum Gasteiger partial charge on any atom is 0.328 e. The molecular formula is C19H28N2O5S. The molecule has 150 valence electrons. The lowest BCUT2D eigenvalue weighted by atomic mass is 9.94. The Kier molecular flexibility index (Phi) is 7.38. The Morgan fingerprint density at radius 2 is 1.81 bits per heavy atom.